The van der Waals surface area contributed by atoms with Crippen molar-refractivity contribution in [2.45, 2.75) is 25.7 Å². The molecule has 2 nitrogen and oxygen atoms in total. The van der Waals surface area contributed by atoms with Crippen LogP contribution in [0.1, 0.15) is 25.8 Å². The normalized spacial score (nSPS) is 28.1. The number of benzene rings is 1. The molecule has 2 rings (SSSR count). The summed E-state index contributed by atoms with van der Waals surface area (Å²) in [6, 6.07) is 5.97. The lowest BCUT2D eigenvalue weighted by molar-refractivity contribution is -0.140. The van der Waals surface area contributed by atoms with E-state index in [9.17, 15) is 14.3 Å². The Balaban J connectivity index is 2.40. The predicted octanol–water partition coefficient (Wildman–Crippen LogP) is 2.82. The topological polar surface area (TPSA) is 37.3 Å². The van der Waals surface area contributed by atoms with Gasteiger partial charge in [0.05, 0.1) is 5.41 Å². The molecule has 0 amide bonds. The Hall–Kier alpha value is -1.38. The third-order valence-electron chi connectivity index (χ3n) is 3.54. The van der Waals surface area contributed by atoms with Crippen molar-refractivity contribution in [3.63, 3.8) is 0 Å². The quantitative estimate of drug-likeness (QED) is 0.853. The zero-order valence-corrected chi connectivity index (χ0v) is 9.40. The average Bonchev–Trinajstić information content (AvgIpc) is 2.93. The molecule has 0 radical (unpaired) electrons. The number of aliphatic carboxylic acids is 1. The minimum Gasteiger partial charge on any atom is -0.481 e. The first-order valence-electron chi connectivity index (χ1n) is 5.48. The molecule has 0 bridgehead atoms. The van der Waals surface area contributed by atoms with Crippen LogP contribution in [0, 0.1) is 17.7 Å². The SMILES string of the molecule is CC(C)C1CC1(C(=O)O)c1cccc(F)c1. The lowest BCUT2D eigenvalue weighted by atomic mass is 9.89. The Kier molecular flexibility index (Phi) is 2.49. The van der Waals surface area contributed by atoms with Crippen molar-refractivity contribution >= 4 is 5.97 Å². The standard InChI is InChI=1S/C13H15FO2/c1-8(2)11-7-13(11,12(15)16)9-4-3-5-10(14)6-9/h3-6,8,11H,7H2,1-2H3,(H,15,16). The van der Waals surface area contributed by atoms with Crippen LogP contribution in [0.2, 0.25) is 0 Å². The second kappa shape index (κ2) is 3.58. The molecule has 1 aromatic carbocycles. The molecule has 2 atom stereocenters. The molecule has 0 aliphatic heterocycles. The Bertz CT molecular complexity index is 428. The van der Waals surface area contributed by atoms with Crippen LogP contribution in [-0.4, -0.2) is 11.1 Å². The molecular weight excluding hydrogens is 207 g/mol. The maximum Gasteiger partial charge on any atom is 0.314 e. The van der Waals surface area contributed by atoms with Crippen LogP contribution >= 0.6 is 0 Å². The van der Waals surface area contributed by atoms with Crippen LogP contribution in [0.3, 0.4) is 0 Å². The summed E-state index contributed by atoms with van der Waals surface area (Å²) in [6.07, 6.45) is 0.615. The van der Waals surface area contributed by atoms with Crippen molar-refractivity contribution in [1.82, 2.24) is 0 Å². The van der Waals surface area contributed by atoms with Gasteiger partial charge in [-0.2, -0.15) is 0 Å². The molecule has 1 fully saturated rings. The van der Waals surface area contributed by atoms with Gasteiger partial charge in [0.1, 0.15) is 5.82 Å². The molecule has 1 aliphatic rings. The highest BCUT2D eigenvalue weighted by Crippen LogP contribution is 2.58. The highest BCUT2D eigenvalue weighted by atomic mass is 19.1. The summed E-state index contributed by atoms with van der Waals surface area (Å²) in [5.41, 5.74) is -0.255. The number of halogens is 1. The van der Waals surface area contributed by atoms with Crippen molar-refractivity contribution in [3.8, 4) is 0 Å². The van der Waals surface area contributed by atoms with Crippen molar-refractivity contribution in [2.24, 2.45) is 11.8 Å². The van der Waals surface area contributed by atoms with E-state index in [0.29, 0.717) is 17.9 Å². The van der Waals surface area contributed by atoms with E-state index in [-0.39, 0.29) is 11.7 Å². The monoisotopic (exact) mass is 222 g/mol. The Morgan fingerprint density at radius 2 is 2.25 bits per heavy atom. The van der Waals surface area contributed by atoms with Gasteiger partial charge in [-0.25, -0.2) is 4.39 Å². The van der Waals surface area contributed by atoms with E-state index >= 15 is 0 Å². The molecule has 1 N–H and O–H groups in total. The molecule has 1 aromatic rings. The van der Waals surface area contributed by atoms with Crippen molar-refractivity contribution in [3.05, 3.63) is 35.6 Å². The summed E-state index contributed by atoms with van der Waals surface area (Å²) in [5.74, 6) is -0.782. The van der Waals surface area contributed by atoms with E-state index in [1.54, 1.807) is 12.1 Å². The van der Waals surface area contributed by atoms with Gasteiger partial charge in [-0.3, -0.25) is 4.79 Å². The molecule has 1 aliphatic carbocycles. The summed E-state index contributed by atoms with van der Waals surface area (Å²) in [4.78, 5) is 11.4. The van der Waals surface area contributed by atoms with Gasteiger partial charge in [-0.1, -0.05) is 26.0 Å². The first-order chi connectivity index (χ1) is 7.48. The van der Waals surface area contributed by atoms with Crippen molar-refractivity contribution < 1.29 is 14.3 Å². The fourth-order valence-electron chi connectivity index (χ4n) is 2.56. The van der Waals surface area contributed by atoms with E-state index in [2.05, 4.69) is 0 Å². The molecule has 16 heavy (non-hydrogen) atoms. The number of hydrogen-bond acceptors (Lipinski definition) is 1. The number of carboxylic acids is 1. The summed E-state index contributed by atoms with van der Waals surface area (Å²) >= 11 is 0. The fourth-order valence-corrected chi connectivity index (χ4v) is 2.56. The maximum atomic E-state index is 13.1. The molecule has 0 spiro atoms. The van der Waals surface area contributed by atoms with Crippen LogP contribution < -0.4 is 0 Å². The molecule has 0 aromatic heterocycles. The number of carboxylic acid groups (broad SMARTS) is 1. The van der Waals surface area contributed by atoms with Crippen LogP contribution in [0.25, 0.3) is 0 Å². The van der Waals surface area contributed by atoms with Crippen LogP contribution in [0.4, 0.5) is 4.39 Å². The van der Waals surface area contributed by atoms with E-state index < -0.39 is 11.4 Å². The van der Waals surface area contributed by atoms with E-state index in [1.165, 1.54) is 12.1 Å². The lowest BCUT2D eigenvalue weighted by Gasteiger charge is -2.14. The number of rotatable bonds is 3. The summed E-state index contributed by atoms with van der Waals surface area (Å²) in [7, 11) is 0. The molecule has 0 heterocycles. The van der Waals surface area contributed by atoms with Crippen LogP contribution in [0.15, 0.2) is 24.3 Å². The number of hydrogen-bond donors (Lipinski definition) is 1. The van der Waals surface area contributed by atoms with Crippen molar-refractivity contribution in [1.29, 1.82) is 0 Å². The Labute approximate surface area is 94.1 Å². The van der Waals surface area contributed by atoms with E-state index in [1.807, 2.05) is 13.8 Å². The zero-order valence-electron chi connectivity index (χ0n) is 9.40. The predicted molar refractivity (Wildman–Crippen MR) is 58.7 cm³/mol. The van der Waals surface area contributed by atoms with Crippen LogP contribution in [0.5, 0.6) is 0 Å². The van der Waals surface area contributed by atoms with Gasteiger partial charge in [0.15, 0.2) is 0 Å². The molecule has 2 unspecified atom stereocenters. The van der Waals surface area contributed by atoms with Gasteiger partial charge in [0, 0.05) is 0 Å². The highest BCUT2D eigenvalue weighted by molar-refractivity contribution is 5.85. The smallest absolute Gasteiger partial charge is 0.314 e. The number of carbonyl (C=O) groups is 1. The summed E-state index contributed by atoms with van der Waals surface area (Å²) < 4.78 is 13.1. The summed E-state index contributed by atoms with van der Waals surface area (Å²) in [6.45, 7) is 4.02. The van der Waals surface area contributed by atoms with Gasteiger partial charge in [-0.05, 0) is 36.0 Å². The van der Waals surface area contributed by atoms with Gasteiger partial charge < -0.3 is 5.11 Å². The van der Waals surface area contributed by atoms with Gasteiger partial charge in [-0.15, -0.1) is 0 Å². The fraction of sp³-hybridized carbons (Fsp3) is 0.462. The van der Waals surface area contributed by atoms with E-state index in [0.717, 1.165) is 0 Å². The molecule has 0 saturated heterocycles. The first kappa shape index (κ1) is 11.1. The third kappa shape index (κ3) is 1.51. The maximum absolute atomic E-state index is 13.1. The first-order valence-corrected chi connectivity index (χ1v) is 5.48. The highest BCUT2D eigenvalue weighted by Gasteiger charge is 2.62. The third-order valence-corrected chi connectivity index (χ3v) is 3.54. The Morgan fingerprint density at radius 3 is 2.69 bits per heavy atom. The molecule has 86 valence electrons. The largest absolute Gasteiger partial charge is 0.481 e. The van der Waals surface area contributed by atoms with E-state index in [4.69, 9.17) is 0 Å². The van der Waals surface area contributed by atoms with Gasteiger partial charge in [0.2, 0.25) is 0 Å². The van der Waals surface area contributed by atoms with Crippen molar-refractivity contribution in [2.75, 3.05) is 0 Å². The minimum atomic E-state index is -0.851. The average molecular weight is 222 g/mol. The molecule has 1 saturated carbocycles. The minimum absolute atomic E-state index is 0.117. The molecule has 3 heteroatoms. The van der Waals surface area contributed by atoms with Gasteiger partial charge in [0.25, 0.3) is 0 Å². The van der Waals surface area contributed by atoms with Gasteiger partial charge >= 0.3 is 5.97 Å². The lowest BCUT2D eigenvalue weighted by Crippen LogP contribution is -2.24. The Morgan fingerprint density at radius 1 is 1.56 bits per heavy atom. The molecular formula is C13H15FO2. The zero-order chi connectivity index (χ0) is 11.9. The second-order valence-electron chi connectivity index (χ2n) is 4.84. The summed E-state index contributed by atoms with van der Waals surface area (Å²) in [5, 5.41) is 9.34. The second-order valence-corrected chi connectivity index (χ2v) is 4.84. The van der Waals surface area contributed by atoms with Crippen LogP contribution in [-0.2, 0) is 10.2 Å².